The van der Waals surface area contributed by atoms with Crippen molar-refractivity contribution < 1.29 is 14.5 Å². The van der Waals surface area contributed by atoms with Gasteiger partial charge >= 0.3 is 0 Å². The number of nitrogens with one attached hydrogen (secondary N) is 1. The number of para-hydroxylation sites is 1. The van der Waals surface area contributed by atoms with E-state index in [0.717, 1.165) is 18.4 Å². The summed E-state index contributed by atoms with van der Waals surface area (Å²) in [5.41, 5.74) is 0.849. The van der Waals surface area contributed by atoms with Crippen molar-refractivity contribution in [3.63, 3.8) is 0 Å². The molecule has 2 fully saturated rings. The first kappa shape index (κ1) is 21.6. The Bertz CT molecular complexity index is 1120. The lowest BCUT2D eigenvalue weighted by molar-refractivity contribution is -0.534. The number of carbonyl (C=O) groups excluding carboxylic acids is 1. The first-order chi connectivity index (χ1) is 15.4. The van der Waals surface area contributed by atoms with Gasteiger partial charge < -0.3 is 10.1 Å². The van der Waals surface area contributed by atoms with Gasteiger partial charge in [-0.05, 0) is 68.5 Å². The van der Waals surface area contributed by atoms with E-state index in [2.05, 4.69) is 48.7 Å². The monoisotopic (exact) mass is 561 g/mol. The lowest BCUT2D eigenvalue weighted by atomic mass is 9.77. The Morgan fingerprint density at radius 2 is 2.03 bits per heavy atom. The van der Waals surface area contributed by atoms with Gasteiger partial charge in [0.25, 0.3) is 11.9 Å². The molecule has 4 atom stereocenters. The highest BCUT2D eigenvalue weighted by Crippen LogP contribution is 2.58. The Balaban J connectivity index is 1.69. The van der Waals surface area contributed by atoms with Crippen molar-refractivity contribution in [2.75, 3.05) is 18.5 Å². The van der Waals surface area contributed by atoms with Gasteiger partial charge in [-0.1, -0.05) is 30.9 Å². The fourth-order valence-electron chi connectivity index (χ4n) is 5.83. The van der Waals surface area contributed by atoms with Gasteiger partial charge in [-0.3, -0.25) is 19.8 Å². The van der Waals surface area contributed by atoms with Gasteiger partial charge in [0.05, 0.1) is 14.9 Å². The van der Waals surface area contributed by atoms with Crippen LogP contribution in [0.25, 0.3) is 0 Å². The van der Waals surface area contributed by atoms with Crippen molar-refractivity contribution in [1.29, 1.82) is 0 Å². The van der Waals surface area contributed by atoms with Crippen LogP contribution in [-0.4, -0.2) is 41.0 Å². The number of rotatable bonds is 5. The van der Waals surface area contributed by atoms with E-state index in [4.69, 9.17) is 4.74 Å². The molecule has 0 unspecified atom stereocenters. The summed E-state index contributed by atoms with van der Waals surface area (Å²) in [7, 11) is 0. The van der Waals surface area contributed by atoms with E-state index in [9.17, 15) is 14.9 Å². The molecular weight excluding hydrogens is 542 g/mol. The molecular formula is C23H21Br2N3O4. The van der Waals surface area contributed by atoms with Crippen molar-refractivity contribution >= 4 is 43.5 Å². The van der Waals surface area contributed by atoms with Gasteiger partial charge in [0.1, 0.15) is 12.4 Å². The number of amides is 1. The summed E-state index contributed by atoms with van der Waals surface area (Å²) in [4.78, 5) is 28.0. The maximum atomic E-state index is 13.5. The molecule has 9 heteroatoms. The number of carbonyl (C=O) groups is 1. The normalized spacial score (nSPS) is 28.4. The third-order valence-corrected chi connectivity index (χ3v) is 8.02. The molecule has 3 aliphatic heterocycles. The average Bonchev–Trinajstić information content (AvgIpc) is 3.41. The van der Waals surface area contributed by atoms with Gasteiger partial charge in [0.15, 0.2) is 5.54 Å². The quantitative estimate of drug-likeness (QED) is 0.320. The van der Waals surface area contributed by atoms with Crippen molar-refractivity contribution in [2.45, 2.75) is 36.4 Å². The van der Waals surface area contributed by atoms with Crippen LogP contribution in [0.4, 0.5) is 5.69 Å². The molecule has 166 valence electrons. The molecule has 0 bridgehead atoms. The van der Waals surface area contributed by atoms with Crippen LogP contribution in [0.3, 0.4) is 0 Å². The number of benzene rings is 2. The maximum Gasteiger partial charge on any atom is 0.256 e. The molecule has 2 aromatic rings. The van der Waals surface area contributed by atoms with Crippen LogP contribution in [0.15, 0.2) is 58.0 Å². The Kier molecular flexibility index (Phi) is 5.38. The van der Waals surface area contributed by atoms with E-state index in [1.807, 2.05) is 36.4 Å². The van der Waals surface area contributed by atoms with Gasteiger partial charge in [-0.25, -0.2) is 0 Å². The van der Waals surface area contributed by atoms with Crippen LogP contribution < -0.4 is 10.1 Å². The minimum absolute atomic E-state index is 0.110. The van der Waals surface area contributed by atoms with E-state index in [-0.39, 0.29) is 16.9 Å². The number of anilines is 1. The van der Waals surface area contributed by atoms with Crippen molar-refractivity contribution in [3.05, 3.63) is 79.2 Å². The van der Waals surface area contributed by atoms with Crippen LogP contribution in [0.1, 0.15) is 29.9 Å². The summed E-state index contributed by atoms with van der Waals surface area (Å²) in [6, 6.07) is 9.89. The second-order valence-corrected chi connectivity index (χ2v) is 10.0. The highest BCUT2D eigenvalue weighted by atomic mass is 79.9. The molecule has 0 saturated carbocycles. The first-order valence-electron chi connectivity index (χ1n) is 10.4. The van der Waals surface area contributed by atoms with Crippen LogP contribution in [0, 0.1) is 10.1 Å². The van der Waals surface area contributed by atoms with E-state index >= 15 is 0 Å². The summed E-state index contributed by atoms with van der Waals surface area (Å²) in [6.07, 6.45) is 3.35. The zero-order valence-electron chi connectivity index (χ0n) is 17.1. The summed E-state index contributed by atoms with van der Waals surface area (Å²) >= 11 is 7.13. The molecule has 3 heterocycles. The van der Waals surface area contributed by atoms with E-state index in [1.54, 1.807) is 6.08 Å². The first-order valence-corrected chi connectivity index (χ1v) is 12.0. The van der Waals surface area contributed by atoms with E-state index in [1.165, 1.54) is 0 Å². The van der Waals surface area contributed by atoms with Gasteiger partial charge in [-0.15, -0.1) is 0 Å². The van der Waals surface area contributed by atoms with Crippen LogP contribution in [0.2, 0.25) is 0 Å². The van der Waals surface area contributed by atoms with E-state index < -0.39 is 17.5 Å². The SMILES string of the molecule is C=CCOc1c(Br)cc([C@H]2[C@H]([N+](=O)[O-])[C@@]3(C(=O)Nc4ccccc43)N3CCC[C@@H]23)cc1Br. The molecule has 7 nitrogen and oxygen atoms in total. The largest absolute Gasteiger partial charge is 0.487 e. The number of nitro groups is 1. The zero-order valence-corrected chi connectivity index (χ0v) is 20.3. The molecule has 3 aliphatic rings. The number of hydrogen-bond donors (Lipinski definition) is 1. The second kappa shape index (κ2) is 7.97. The Morgan fingerprint density at radius 1 is 1.31 bits per heavy atom. The third kappa shape index (κ3) is 2.90. The molecule has 2 saturated heterocycles. The van der Waals surface area contributed by atoms with Crippen LogP contribution in [0.5, 0.6) is 5.75 Å². The topological polar surface area (TPSA) is 84.7 Å². The highest BCUT2D eigenvalue weighted by molar-refractivity contribution is 9.11. The summed E-state index contributed by atoms with van der Waals surface area (Å²) in [6.45, 7) is 4.66. The Hall–Kier alpha value is -2.23. The van der Waals surface area contributed by atoms with Crippen molar-refractivity contribution in [1.82, 2.24) is 4.90 Å². The third-order valence-electron chi connectivity index (χ3n) is 6.85. The molecule has 32 heavy (non-hydrogen) atoms. The lowest BCUT2D eigenvalue weighted by Crippen LogP contribution is -2.55. The number of fused-ring (bicyclic) bond motifs is 4. The molecule has 1 amide bonds. The standard InChI is InChI=1S/C23H21Br2N3O4/c1-2-10-32-20-15(24)11-13(12-16(20)25)19-18-8-5-9-27(18)23(21(19)28(30)31)14-6-3-4-7-17(14)26-22(23)29/h2-4,6-7,11-12,18-19,21H,1,5,8-10H2,(H,26,29)/t18-,19+,21-,23-/m0/s1. The number of nitrogens with zero attached hydrogens (tertiary/aromatic N) is 2. The summed E-state index contributed by atoms with van der Waals surface area (Å²) in [5.74, 6) is -0.143. The molecule has 1 N–H and O–H groups in total. The maximum absolute atomic E-state index is 13.5. The van der Waals surface area contributed by atoms with Gasteiger partial charge in [0.2, 0.25) is 0 Å². The molecule has 1 spiro atoms. The smallest absolute Gasteiger partial charge is 0.256 e. The van der Waals surface area contributed by atoms with Crippen molar-refractivity contribution in [3.8, 4) is 5.75 Å². The van der Waals surface area contributed by atoms with Crippen LogP contribution in [-0.2, 0) is 10.3 Å². The number of ether oxygens (including phenoxy) is 1. The fourth-order valence-corrected chi connectivity index (χ4v) is 7.28. The van der Waals surface area contributed by atoms with E-state index in [0.29, 0.717) is 39.1 Å². The molecule has 5 rings (SSSR count). The second-order valence-electron chi connectivity index (χ2n) is 8.34. The fraction of sp³-hybridized carbons (Fsp3) is 0.348. The highest BCUT2D eigenvalue weighted by Gasteiger charge is 2.73. The van der Waals surface area contributed by atoms with Gasteiger partial charge in [-0.2, -0.15) is 0 Å². The molecule has 0 aliphatic carbocycles. The predicted octanol–water partition coefficient (Wildman–Crippen LogP) is 4.83. The zero-order chi connectivity index (χ0) is 22.6. The Labute approximate surface area is 202 Å². The number of halogens is 2. The minimum atomic E-state index is -1.32. The number of hydrogen-bond acceptors (Lipinski definition) is 5. The molecule has 2 aromatic carbocycles. The minimum Gasteiger partial charge on any atom is -0.487 e. The molecule has 0 radical (unpaired) electrons. The average molecular weight is 563 g/mol. The predicted molar refractivity (Wildman–Crippen MR) is 128 cm³/mol. The summed E-state index contributed by atoms with van der Waals surface area (Å²) in [5, 5.41) is 15.6. The lowest BCUT2D eigenvalue weighted by Gasteiger charge is -2.32. The Morgan fingerprint density at radius 3 is 2.72 bits per heavy atom. The van der Waals surface area contributed by atoms with Crippen LogP contribution >= 0.6 is 31.9 Å². The van der Waals surface area contributed by atoms with Crippen molar-refractivity contribution in [2.24, 2.45) is 0 Å². The summed E-state index contributed by atoms with van der Waals surface area (Å²) < 4.78 is 7.13. The molecule has 0 aromatic heterocycles. The van der Waals surface area contributed by atoms with Gasteiger partial charge in [0, 0.05) is 28.8 Å².